The van der Waals surface area contributed by atoms with Crippen molar-refractivity contribution in [1.82, 2.24) is 5.32 Å². The number of fused-ring (bicyclic) bond motifs is 2. The van der Waals surface area contributed by atoms with Gasteiger partial charge >= 0.3 is 5.97 Å². The van der Waals surface area contributed by atoms with Crippen LogP contribution in [0, 0.1) is 0 Å². The maximum atomic E-state index is 10.6. The zero-order chi connectivity index (χ0) is 17.9. The lowest BCUT2D eigenvalue weighted by atomic mass is 10.0. The first-order chi connectivity index (χ1) is 12.7. The minimum atomic E-state index is -0.770. The van der Waals surface area contributed by atoms with Crippen molar-refractivity contribution in [3.63, 3.8) is 0 Å². The van der Waals surface area contributed by atoms with Crippen molar-refractivity contribution in [2.75, 3.05) is 6.54 Å². The third-order valence-corrected chi connectivity index (χ3v) is 5.58. The van der Waals surface area contributed by atoms with Gasteiger partial charge in [0.15, 0.2) is 0 Å². The van der Waals surface area contributed by atoms with Crippen molar-refractivity contribution >= 4 is 38.2 Å². The van der Waals surface area contributed by atoms with E-state index in [1.807, 2.05) is 0 Å². The number of carboxylic acids is 1. The van der Waals surface area contributed by atoms with Crippen LogP contribution in [-0.4, -0.2) is 17.6 Å². The van der Waals surface area contributed by atoms with Gasteiger partial charge in [-0.05, 0) is 51.6 Å². The van der Waals surface area contributed by atoms with Crippen molar-refractivity contribution in [2.45, 2.75) is 13.0 Å². The number of hydrogen-bond donors (Lipinski definition) is 2. The fourth-order valence-corrected chi connectivity index (χ4v) is 4.16. The van der Waals surface area contributed by atoms with E-state index in [1.165, 1.54) is 36.9 Å². The number of carboxylic acid groups (broad SMARTS) is 1. The summed E-state index contributed by atoms with van der Waals surface area (Å²) in [6.07, 6.45) is 0.150. The SMILES string of the molecule is O=C(O)CCNCc1cc2cc(-c3ccc4ccccc4c3)ccc2s1. The lowest BCUT2D eigenvalue weighted by Crippen LogP contribution is -2.16. The fourth-order valence-electron chi connectivity index (χ4n) is 3.14. The molecule has 0 aliphatic heterocycles. The van der Waals surface area contributed by atoms with Gasteiger partial charge < -0.3 is 10.4 Å². The quantitative estimate of drug-likeness (QED) is 0.459. The van der Waals surface area contributed by atoms with Gasteiger partial charge in [0.2, 0.25) is 0 Å². The molecule has 130 valence electrons. The zero-order valence-corrected chi connectivity index (χ0v) is 15.1. The van der Waals surface area contributed by atoms with E-state index < -0.39 is 5.97 Å². The number of hydrogen-bond acceptors (Lipinski definition) is 3. The molecule has 0 fully saturated rings. The van der Waals surface area contributed by atoms with Crippen LogP contribution in [0.25, 0.3) is 32.0 Å². The van der Waals surface area contributed by atoms with Crippen molar-refractivity contribution in [3.05, 3.63) is 71.6 Å². The van der Waals surface area contributed by atoms with Crippen LogP contribution >= 0.6 is 11.3 Å². The summed E-state index contributed by atoms with van der Waals surface area (Å²) in [4.78, 5) is 11.8. The van der Waals surface area contributed by atoms with Gasteiger partial charge in [-0.2, -0.15) is 0 Å². The third-order valence-electron chi connectivity index (χ3n) is 4.47. The maximum absolute atomic E-state index is 10.6. The summed E-state index contributed by atoms with van der Waals surface area (Å²) in [5.41, 5.74) is 2.43. The van der Waals surface area contributed by atoms with E-state index >= 15 is 0 Å². The average molecular weight is 361 g/mol. The summed E-state index contributed by atoms with van der Waals surface area (Å²) in [5, 5.41) is 15.6. The summed E-state index contributed by atoms with van der Waals surface area (Å²) in [6, 6.07) is 23.7. The van der Waals surface area contributed by atoms with E-state index in [0.29, 0.717) is 13.1 Å². The van der Waals surface area contributed by atoms with Gasteiger partial charge in [0.05, 0.1) is 6.42 Å². The van der Waals surface area contributed by atoms with E-state index in [2.05, 4.69) is 72.0 Å². The van der Waals surface area contributed by atoms with Crippen LogP contribution in [-0.2, 0) is 11.3 Å². The second-order valence-electron chi connectivity index (χ2n) is 6.35. The number of benzene rings is 3. The van der Waals surface area contributed by atoms with Gasteiger partial charge in [-0.25, -0.2) is 0 Å². The fraction of sp³-hybridized carbons (Fsp3) is 0.136. The predicted molar refractivity (Wildman–Crippen MR) is 109 cm³/mol. The van der Waals surface area contributed by atoms with Crippen LogP contribution < -0.4 is 5.32 Å². The van der Waals surface area contributed by atoms with Crippen molar-refractivity contribution in [1.29, 1.82) is 0 Å². The highest BCUT2D eigenvalue weighted by atomic mass is 32.1. The molecule has 4 aromatic rings. The lowest BCUT2D eigenvalue weighted by Gasteiger charge is -2.04. The van der Waals surface area contributed by atoms with E-state index in [9.17, 15) is 4.79 Å². The molecule has 0 unspecified atom stereocenters. The van der Waals surface area contributed by atoms with Gasteiger partial charge in [0, 0.05) is 22.7 Å². The molecule has 0 aliphatic rings. The molecule has 0 atom stereocenters. The zero-order valence-electron chi connectivity index (χ0n) is 14.2. The van der Waals surface area contributed by atoms with Crippen molar-refractivity contribution < 1.29 is 9.90 Å². The molecule has 4 rings (SSSR count). The van der Waals surface area contributed by atoms with Gasteiger partial charge in [0.1, 0.15) is 0 Å². The highest BCUT2D eigenvalue weighted by Crippen LogP contribution is 2.31. The molecular weight excluding hydrogens is 342 g/mol. The van der Waals surface area contributed by atoms with Crippen molar-refractivity contribution in [2.24, 2.45) is 0 Å². The Morgan fingerprint density at radius 2 is 1.62 bits per heavy atom. The predicted octanol–water partition coefficient (Wildman–Crippen LogP) is 5.29. The maximum Gasteiger partial charge on any atom is 0.304 e. The molecule has 4 heteroatoms. The lowest BCUT2D eigenvalue weighted by molar-refractivity contribution is -0.136. The van der Waals surface area contributed by atoms with Crippen LogP contribution in [0.4, 0.5) is 0 Å². The Hall–Kier alpha value is -2.69. The molecule has 0 spiro atoms. The Labute approximate surface area is 155 Å². The minimum Gasteiger partial charge on any atom is -0.481 e. The summed E-state index contributed by atoms with van der Waals surface area (Å²) in [7, 11) is 0. The van der Waals surface area contributed by atoms with Gasteiger partial charge in [-0.1, -0.05) is 42.5 Å². The van der Waals surface area contributed by atoms with Crippen LogP contribution in [0.3, 0.4) is 0 Å². The molecule has 0 saturated heterocycles. The molecule has 0 radical (unpaired) electrons. The number of rotatable bonds is 6. The second kappa shape index (κ2) is 7.28. The molecule has 1 heterocycles. The number of thiophene rings is 1. The molecule has 3 nitrogen and oxygen atoms in total. The minimum absolute atomic E-state index is 0.150. The first-order valence-electron chi connectivity index (χ1n) is 8.63. The van der Waals surface area contributed by atoms with E-state index in [0.717, 1.165) is 0 Å². The molecule has 3 aromatic carbocycles. The van der Waals surface area contributed by atoms with E-state index in [4.69, 9.17) is 5.11 Å². The summed E-state index contributed by atoms with van der Waals surface area (Å²) in [5.74, 6) is -0.770. The molecule has 0 bridgehead atoms. The first kappa shape index (κ1) is 16.8. The standard InChI is InChI=1S/C22H19NO2S/c24-22(25)9-10-23-14-20-13-19-12-18(7-8-21(19)26-20)17-6-5-15-3-1-2-4-16(15)11-17/h1-8,11-13,23H,9-10,14H2,(H,24,25). The second-order valence-corrected chi connectivity index (χ2v) is 7.52. The first-order valence-corrected chi connectivity index (χ1v) is 9.45. The molecule has 2 N–H and O–H groups in total. The Balaban J connectivity index is 1.57. The largest absolute Gasteiger partial charge is 0.481 e. The number of nitrogens with one attached hydrogen (secondary N) is 1. The normalized spacial score (nSPS) is 11.2. The van der Waals surface area contributed by atoms with Crippen LogP contribution in [0.2, 0.25) is 0 Å². The van der Waals surface area contributed by atoms with Crippen LogP contribution in [0.5, 0.6) is 0 Å². The summed E-state index contributed by atoms with van der Waals surface area (Å²) < 4.78 is 1.25. The monoisotopic (exact) mass is 361 g/mol. The molecular formula is C22H19NO2S. The van der Waals surface area contributed by atoms with Gasteiger partial charge in [0.25, 0.3) is 0 Å². The van der Waals surface area contributed by atoms with Crippen LogP contribution in [0.15, 0.2) is 66.7 Å². The third kappa shape index (κ3) is 3.62. The summed E-state index contributed by atoms with van der Waals surface area (Å²) in [6.45, 7) is 1.20. The van der Waals surface area contributed by atoms with Crippen molar-refractivity contribution in [3.8, 4) is 11.1 Å². The molecule has 0 amide bonds. The average Bonchev–Trinajstić information content (AvgIpc) is 3.06. The topological polar surface area (TPSA) is 49.3 Å². The van der Waals surface area contributed by atoms with Gasteiger partial charge in [-0.3, -0.25) is 4.79 Å². The Bertz CT molecular complexity index is 1080. The highest BCUT2D eigenvalue weighted by molar-refractivity contribution is 7.19. The Morgan fingerprint density at radius 1 is 0.885 bits per heavy atom. The smallest absolute Gasteiger partial charge is 0.304 e. The van der Waals surface area contributed by atoms with Crippen LogP contribution in [0.1, 0.15) is 11.3 Å². The molecule has 1 aromatic heterocycles. The Morgan fingerprint density at radius 3 is 2.42 bits per heavy atom. The number of aliphatic carboxylic acids is 1. The highest BCUT2D eigenvalue weighted by Gasteiger charge is 2.06. The van der Waals surface area contributed by atoms with E-state index in [1.54, 1.807) is 11.3 Å². The van der Waals surface area contributed by atoms with Gasteiger partial charge in [-0.15, -0.1) is 11.3 Å². The Kier molecular flexibility index (Phi) is 4.69. The number of carbonyl (C=O) groups is 1. The molecule has 0 aliphatic carbocycles. The molecule has 26 heavy (non-hydrogen) atoms. The summed E-state index contributed by atoms with van der Waals surface area (Å²) >= 11 is 1.75. The van der Waals surface area contributed by atoms with E-state index in [-0.39, 0.29) is 6.42 Å². The molecule has 0 saturated carbocycles.